The molecule has 3 atom stereocenters. The van der Waals surface area contributed by atoms with E-state index in [1.807, 2.05) is 0 Å². The number of rotatable bonds is 7. The topological polar surface area (TPSA) is 108 Å². The highest BCUT2D eigenvalue weighted by atomic mass is 19.3. The summed E-state index contributed by atoms with van der Waals surface area (Å²) in [6.07, 6.45) is -2.61. The summed E-state index contributed by atoms with van der Waals surface area (Å²) in [4.78, 5) is 22.8. The summed E-state index contributed by atoms with van der Waals surface area (Å²) in [5, 5.41) is 12.6. The molecule has 0 aromatic heterocycles. The van der Waals surface area contributed by atoms with Gasteiger partial charge in [0, 0.05) is 25.2 Å². The van der Waals surface area contributed by atoms with Crippen LogP contribution < -0.4 is 16.5 Å². The average Bonchev–Trinajstić information content (AvgIpc) is 3.02. The van der Waals surface area contributed by atoms with E-state index in [2.05, 4.69) is 10.7 Å². The molecule has 2 rings (SSSR count). The second-order valence-electron chi connectivity index (χ2n) is 6.02. The van der Waals surface area contributed by atoms with Crippen molar-refractivity contribution in [2.45, 2.75) is 25.4 Å². The van der Waals surface area contributed by atoms with Gasteiger partial charge >= 0.3 is 5.97 Å². The second kappa shape index (κ2) is 8.47. The number of nitrogens with zero attached hydrogens (tertiary/aromatic N) is 1. The molecule has 1 aliphatic rings. The molecule has 0 bridgehead atoms. The number of nitrogens with one attached hydrogen (secondary N) is 2. The van der Waals surface area contributed by atoms with Crippen molar-refractivity contribution in [3.63, 3.8) is 0 Å². The first-order chi connectivity index (χ1) is 12.2. The molecule has 1 aromatic rings. The van der Waals surface area contributed by atoms with E-state index in [0.717, 1.165) is 12.1 Å². The summed E-state index contributed by atoms with van der Waals surface area (Å²) < 4.78 is 40.6. The quantitative estimate of drug-likeness (QED) is 0.561. The van der Waals surface area contributed by atoms with Crippen molar-refractivity contribution < 1.29 is 27.9 Å². The molecule has 0 saturated carbocycles. The molecule has 1 heterocycles. The summed E-state index contributed by atoms with van der Waals surface area (Å²) in [5.41, 5.74) is 8.31. The monoisotopic (exact) mass is 374 g/mol. The predicted octanol–water partition coefficient (Wildman–Crippen LogP) is 0.730. The Morgan fingerprint density at radius 2 is 2.12 bits per heavy atom. The van der Waals surface area contributed by atoms with Crippen molar-refractivity contribution in [3.8, 4) is 0 Å². The Kier molecular flexibility index (Phi) is 6.57. The van der Waals surface area contributed by atoms with E-state index in [9.17, 15) is 22.8 Å². The lowest BCUT2D eigenvalue weighted by Crippen LogP contribution is -2.42. The van der Waals surface area contributed by atoms with Crippen LogP contribution in [0.25, 0.3) is 0 Å². The Morgan fingerprint density at radius 3 is 2.69 bits per heavy atom. The Morgan fingerprint density at radius 1 is 1.42 bits per heavy atom. The summed E-state index contributed by atoms with van der Waals surface area (Å²) in [5.74, 6) is -3.81. The van der Waals surface area contributed by atoms with Crippen molar-refractivity contribution in [2.75, 3.05) is 19.6 Å². The largest absolute Gasteiger partial charge is 0.480 e. The fourth-order valence-electron chi connectivity index (χ4n) is 2.93. The minimum Gasteiger partial charge on any atom is -0.480 e. The highest BCUT2D eigenvalue weighted by Gasteiger charge is 2.40. The number of carboxylic acids is 1. The summed E-state index contributed by atoms with van der Waals surface area (Å²) >= 11 is 0. The van der Waals surface area contributed by atoms with Gasteiger partial charge in [0.05, 0.1) is 12.0 Å². The number of halogens is 3. The molecule has 7 nitrogen and oxygen atoms in total. The number of alkyl halides is 2. The molecular weight excluding hydrogens is 353 g/mol. The number of hydrogen-bond donors (Lipinski definition) is 4. The zero-order valence-electron chi connectivity index (χ0n) is 14.1. The van der Waals surface area contributed by atoms with Crippen LogP contribution in [0, 0.1) is 11.7 Å². The molecule has 1 saturated heterocycles. The number of carbonyl (C=O) groups excluding carboxylic acids is 1. The first kappa shape index (κ1) is 20.1. The molecule has 26 heavy (non-hydrogen) atoms. The van der Waals surface area contributed by atoms with Gasteiger partial charge in [0.15, 0.2) is 0 Å². The van der Waals surface area contributed by atoms with Gasteiger partial charge in [-0.15, -0.1) is 0 Å². The SMILES string of the molecule is CCN1NCC(C(F)F)C1c1cc(F)cc(C(=O)NC[C@@H](N)C(=O)O)c1. The second-order valence-corrected chi connectivity index (χ2v) is 6.02. The molecule has 1 amide bonds. The van der Waals surface area contributed by atoms with Crippen molar-refractivity contribution in [1.82, 2.24) is 15.8 Å². The maximum atomic E-state index is 14.0. The number of carbonyl (C=O) groups is 2. The Hall–Kier alpha value is -2.17. The lowest BCUT2D eigenvalue weighted by atomic mass is 9.93. The fraction of sp³-hybridized carbons (Fsp3) is 0.500. The summed E-state index contributed by atoms with van der Waals surface area (Å²) in [6, 6.07) is 1.32. The van der Waals surface area contributed by atoms with Crippen LogP contribution in [0.15, 0.2) is 18.2 Å². The minimum absolute atomic E-state index is 0.0433. The van der Waals surface area contributed by atoms with Gasteiger partial charge < -0.3 is 16.2 Å². The third-order valence-corrected chi connectivity index (χ3v) is 4.26. The van der Waals surface area contributed by atoms with Gasteiger partial charge in [-0.05, 0) is 23.8 Å². The first-order valence-electron chi connectivity index (χ1n) is 8.10. The molecule has 5 N–H and O–H groups in total. The molecule has 2 unspecified atom stereocenters. The smallest absolute Gasteiger partial charge is 0.322 e. The van der Waals surface area contributed by atoms with E-state index >= 15 is 0 Å². The van der Waals surface area contributed by atoms with Gasteiger partial charge in [0.25, 0.3) is 5.91 Å². The van der Waals surface area contributed by atoms with Crippen molar-refractivity contribution >= 4 is 11.9 Å². The first-order valence-corrected chi connectivity index (χ1v) is 8.10. The number of hydrazine groups is 1. The van der Waals surface area contributed by atoms with Gasteiger partial charge in [-0.1, -0.05) is 6.92 Å². The van der Waals surface area contributed by atoms with E-state index in [-0.39, 0.29) is 24.2 Å². The fourth-order valence-corrected chi connectivity index (χ4v) is 2.93. The third kappa shape index (κ3) is 4.51. The van der Waals surface area contributed by atoms with Gasteiger partial charge in [-0.2, -0.15) is 0 Å². The Bertz CT molecular complexity index is 674. The maximum absolute atomic E-state index is 14.0. The molecule has 0 aliphatic carbocycles. The van der Waals surface area contributed by atoms with Gasteiger partial charge in [-0.25, -0.2) is 18.2 Å². The van der Waals surface area contributed by atoms with E-state index in [4.69, 9.17) is 10.8 Å². The van der Waals surface area contributed by atoms with Crippen LogP contribution in [-0.4, -0.2) is 54.1 Å². The Balaban J connectivity index is 2.25. The van der Waals surface area contributed by atoms with Crippen molar-refractivity contribution in [1.29, 1.82) is 0 Å². The lowest BCUT2D eigenvalue weighted by Gasteiger charge is -2.26. The van der Waals surface area contributed by atoms with Crippen LogP contribution in [0.2, 0.25) is 0 Å². The van der Waals surface area contributed by atoms with Crippen molar-refractivity contribution in [2.24, 2.45) is 11.7 Å². The molecule has 1 aliphatic heterocycles. The lowest BCUT2D eigenvalue weighted by molar-refractivity contribution is -0.138. The minimum atomic E-state index is -2.61. The molecule has 1 aromatic carbocycles. The zero-order chi connectivity index (χ0) is 19.4. The van der Waals surface area contributed by atoms with Gasteiger partial charge in [-0.3, -0.25) is 15.0 Å². The molecule has 1 fully saturated rings. The number of aliphatic carboxylic acids is 1. The van der Waals surface area contributed by atoms with Gasteiger partial charge in [0.1, 0.15) is 11.9 Å². The number of benzene rings is 1. The number of nitrogens with two attached hydrogens (primary N) is 1. The van der Waals surface area contributed by atoms with Gasteiger partial charge in [0.2, 0.25) is 6.43 Å². The molecule has 0 radical (unpaired) electrons. The number of amides is 1. The van der Waals surface area contributed by atoms with E-state index < -0.39 is 42.1 Å². The van der Waals surface area contributed by atoms with Crippen LogP contribution in [-0.2, 0) is 4.79 Å². The molecule has 144 valence electrons. The molecule has 10 heteroatoms. The number of hydrogen-bond acceptors (Lipinski definition) is 5. The predicted molar refractivity (Wildman–Crippen MR) is 87.0 cm³/mol. The van der Waals surface area contributed by atoms with Crippen molar-refractivity contribution in [3.05, 3.63) is 35.1 Å². The van der Waals surface area contributed by atoms with Crippen LogP contribution in [0.3, 0.4) is 0 Å². The third-order valence-electron chi connectivity index (χ3n) is 4.26. The van der Waals surface area contributed by atoms with E-state index in [1.54, 1.807) is 11.9 Å². The van der Waals surface area contributed by atoms with Crippen LogP contribution in [0.4, 0.5) is 13.2 Å². The number of carboxylic acid groups (broad SMARTS) is 1. The molecule has 0 spiro atoms. The Labute approximate surface area is 148 Å². The summed E-state index contributed by atoms with van der Waals surface area (Å²) in [7, 11) is 0. The highest BCUT2D eigenvalue weighted by Crippen LogP contribution is 2.36. The normalized spacial score (nSPS) is 21.8. The van der Waals surface area contributed by atoms with E-state index in [0.29, 0.717) is 6.54 Å². The highest BCUT2D eigenvalue weighted by molar-refractivity contribution is 5.94. The van der Waals surface area contributed by atoms with E-state index in [1.165, 1.54) is 6.07 Å². The van der Waals surface area contributed by atoms with Crippen LogP contribution in [0.1, 0.15) is 28.9 Å². The standard InChI is InChI=1S/C16H21F3N4O3/c1-2-23-13(11(6-22-23)14(18)19)8-3-9(5-10(17)4-8)15(24)21-7-12(20)16(25)26/h3-5,11-14,22H,2,6-7,20H2,1H3,(H,21,24)(H,25,26)/t11?,12-,13?/m1/s1. The maximum Gasteiger partial charge on any atom is 0.322 e. The van der Waals surface area contributed by atoms with Crippen LogP contribution >= 0.6 is 0 Å². The van der Waals surface area contributed by atoms with Crippen LogP contribution in [0.5, 0.6) is 0 Å². The zero-order valence-corrected chi connectivity index (χ0v) is 14.1. The average molecular weight is 374 g/mol. The molecular formula is C16H21F3N4O3. The summed E-state index contributed by atoms with van der Waals surface area (Å²) in [6.45, 7) is 1.89.